The Morgan fingerprint density at radius 1 is 1.28 bits per heavy atom. The van der Waals surface area contributed by atoms with Crippen molar-refractivity contribution in [2.24, 2.45) is 14.1 Å². The zero-order valence-electron chi connectivity index (χ0n) is 15.2. The van der Waals surface area contributed by atoms with Crippen LogP contribution in [0.2, 0.25) is 0 Å². The fourth-order valence-electron chi connectivity index (χ4n) is 3.03. The van der Waals surface area contributed by atoms with Gasteiger partial charge < -0.3 is 5.32 Å². The number of nitrogens with zero attached hydrogens (tertiary/aromatic N) is 4. The summed E-state index contributed by atoms with van der Waals surface area (Å²) >= 11 is 1.71. The summed E-state index contributed by atoms with van der Waals surface area (Å²) in [5.74, 6) is -0.107. The first kappa shape index (κ1) is 17.4. The predicted octanol–water partition coefficient (Wildman–Crippen LogP) is 2.86. The Morgan fingerprint density at radius 2 is 2.04 bits per heavy atom. The lowest BCUT2D eigenvalue weighted by molar-refractivity contribution is 0.0930. The van der Waals surface area contributed by atoms with Gasteiger partial charge in [0, 0.05) is 42.7 Å². The van der Waals surface area contributed by atoms with Crippen LogP contribution in [0.15, 0.2) is 23.6 Å². The highest BCUT2D eigenvalue weighted by Crippen LogP contribution is 2.26. The number of aryl methyl sites for hydroxylation is 3. The number of amides is 1. The van der Waals surface area contributed by atoms with Gasteiger partial charge in [-0.3, -0.25) is 14.2 Å². The molecule has 0 fully saturated rings. The van der Waals surface area contributed by atoms with E-state index < -0.39 is 0 Å². The number of thiophene rings is 1. The molecule has 7 heteroatoms. The third-order valence-corrected chi connectivity index (χ3v) is 5.24. The van der Waals surface area contributed by atoms with E-state index in [1.165, 1.54) is 4.88 Å². The van der Waals surface area contributed by atoms with Crippen molar-refractivity contribution in [2.45, 2.75) is 33.2 Å². The van der Waals surface area contributed by atoms with Crippen LogP contribution in [0.4, 0.5) is 0 Å². The van der Waals surface area contributed by atoms with Gasteiger partial charge in [0.2, 0.25) is 0 Å². The van der Waals surface area contributed by atoms with Crippen LogP contribution in [0.3, 0.4) is 0 Å². The molecule has 0 aliphatic heterocycles. The van der Waals surface area contributed by atoms with Crippen molar-refractivity contribution in [2.75, 3.05) is 0 Å². The van der Waals surface area contributed by atoms with E-state index in [1.807, 2.05) is 44.6 Å². The van der Waals surface area contributed by atoms with Gasteiger partial charge in [-0.15, -0.1) is 11.3 Å². The Kier molecular flexibility index (Phi) is 4.76. The lowest BCUT2D eigenvalue weighted by Crippen LogP contribution is -2.35. The topological polar surface area (TPSA) is 64.7 Å². The molecule has 132 valence electrons. The van der Waals surface area contributed by atoms with Gasteiger partial charge in [0.25, 0.3) is 5.91 Å². The number of nitrogens with one attached hydrogen (secondary N) is 1. The molecule has 0 unspecified atom stereocenters. The van der Waals surface area contributed by atoms with Crippen LogP contribution in [0, 0.1) is 13.8 Å². The first-order valence-corrected chi connectivity index (χ1v) is 9.12. The first-order valence-electron chi connectivity index (χ1n) is 8.24. The van der Waals surface area contributed by atoms with Gasteiger partial charge >= 0.3 is 0 Å². The van der Waals surface area contributed by atoms with Crippen LogP contribution >= 0.6 is 11.3 Å². The third-order valence-electron chi connectivity index (χ3n) is 4.34. The van der Waals surface area contributed by atoms with Gasteiger partial charge in [-0.1, -0.05) is 6.07 Å². The summed E-state index contributed by atoms with van der Waals surface area (Å²) in [7, 11) is 3.71. The maximum atomic E-state index is 12.6. The number of carbonyl (C=O) groups is 1. The second kappa shape index (κ2) is 6.84. The quantitative estimate of drug-likeness (QED) is 0.764. The van der Waals surface area contributed by atoms with Crippen molar-refractivity contribution >= 4 is 17.2 Å². The van der Waals surface area contributed by atoms with E-state index in [4.69, 9.17) is 0 Å². The van der Waals surface area contributed by atoms with Crippen LogP contribution < -0.4 is 5.32 Å². The highest BCUT2D eigenvalue weighted by Gasteiger charge is 2.20. The number of aromatic nitrogens is 4. The Morgan fingerprint density at radius 3 is 2.64 bits per heavy atom. The van der Waals surface area contributed by atoms with Crippen molar-refractivity contribution in [1.29, 1.82) is 0 Å². The molecular weight excluding hydrogens is 334 g/mol. The predicted molar refractivity (Wildman–Crippen MR) is 99.8 cm³/mol. The van der Waals surface area contributed by atoms with E-state index in [0.717, 1.165) is 29.1 Å². The van der Waals surface area contributed by atoms with Crippen molar-refractivity contribution < 1.29 is 4.79 Å². The van der Waals surface area contributed by atoms with Crippen LogP contribution in [-0.2, 0) is 20.5 Å². The monoisotopic (exact) mass is 357 g/mol. The van der Waals surface area contributed by atoms with E-state index >= 15 is 0 Å². The second-order valence-corrected chi connectivity index (χ2v) is 7.40. The molecule has 0 saturated heterocycles. The molecule has 0 aliphatic rings. The standard InChI is InChI=1S/C18H23N5OS/c1-11(9-14-7-6-8-25-14)19-18(24)16-10-15(21-23(16)5)17-12(2)20-22(4)13(17)3/h6-8,10-11H,9H2,1-5H3,(H,19,24)/t11-/m1/s1. The average Bonchev–Trinajstić information content (AvgIpc) is 3.21. The minimum absolute atomic E-state index is 0.0614. The van der Waals surface area contributed by atoms with Gasteiger partial charge in [-0.05, 0) is 38.3 Å². The first-order chi connectivity index (χ1) is 11.9. The smallest absolute Gasteiger partial charge is 0.269 e. The summed E-state index contributed by atoms with van der Waals surface area (Å²) in [4.78, 5) is 13.9. The lowest BCUT2D eigenvalue weighted by atomic mass is 10.1. The van der Waals surface area contributed by atoms with E-state index in [9.17, 15) is 4.79 Å². The molecule has 3 rings (SSSR count). The molecule has 0 aromatic carbocycles. The lowest BCUT2D eigenvalue weighted by Gasteiger charge is -2.12. The molecule has 1 atom stereocenters. The summed E-state index contributed by atoms with van der Waals surface area (Å²) in [6, 6.07) is 6.01. The number of hydrogen-bond donors (Lipinski definition) is 1. The van der Waals surface area contributed by atoms with Crippen molar-refractivity contribution in [3.8, 4) is 11.3 Å². The van der Waals surface area contributed by atoms with E-state index in [1.54, 1.807) is 23.1 Å². The molecule has 0 saturated carbocycles. The Hall–Kier alpha value is -2.41. The minimum Gasteiger partial charge on any atom is -0.348 e. The molecule has 0 aliphatic carbocycles. The summed E-state index contributed by atoms with van der Waals surface area (Å²) < 4.78 is 3.47. The zero-order chi connectivity index (χ0) is 18.1. The summed E-state index contributed by atoms with van der Waals surface area (Å²) in [5.41, 5.74) is 4.27. The van der Waals surface area contributed by atoms with Gasteiger partial charge in [-0.2, -0.15) is 10.2 Å². The second-order valence-electron chi connectivity index (χ2n) is 6.37. The molecule has 0 bridgehead atoms. The van der Waals surface area contributed by atoms with E-state index in [2.05, 4.69) is 27.0 Å². The molecule has 0 radical (unpaired) electrons. The van der Waals surface area contributed by atoms with Crippen LogP contribution in [0.25, 0.3) is 11.3 Å². The summed E-state index contributed by atoms with van der Waals surface area (Å²) in [6.07, 6.45) is 0.828. The number of rotatable bonds is 5. The zero-order valence-corrected chi connectivity index (χ0v) is 16.0. The highest BCUT2D eigenvalue weighted by atomic mass is 32.1. The van der Waals surface area contributed by atoms with Crippen LogP contribution in [-0.4, -0.2) is 31.5 Å². The third kappa shape index (κ3) is 3.51. The van der Waals surface area contributed by atoms with E-state index in [-0.39, 0.29) is 11.9 Å². The van der Waals surface area contributed by atoms with E-state index in [0.29, 0.717) is 5.69 Å². The fourth-order valence-corrected chi connectivity index (χ4v) is 3.86. The summed E-state index contributed by atoms with van der Waals surface area (Å²) in [6.45, 7) is 5.98. The molecule has 3 aromatic heterocycles. The molecule has 0 spiro atoms. The SMILES string of the molecule is Cc1nn(C)c(C)c1-c1cc(C(=O)N[C@H](C)Cc2cccs2)n(C)n1. The fraction of sp³-hybridized carbons (Fsp3) is 0.389. The van der Waals surface area contributed by atoms with Crippen LogP contribution in [0.1, 0.15) is 33.7 Å². The molecule has 3 aromatic rings. The largest absolute Gasteiger partial charge is 0.348 e. The Balaban J connectivity index is 1.79. The molecule has 1 amide bonds. The number of hydrogen-bond acceptors (Lipinski definition) is 4. The minimum atomic E-state index is -0.107. The maximum Gasteiger partial charge on any atom is 0.269 e. The van der Waals surface area contributed by atoms with Gasteiger partial charge in [-0.25, -0.2) is 0 Å². The Labute approximate surface area is 151 Å². The van der Waals surface area contributed by atoms with Gasteiger partial charge in [0.05, 0.1) is 11.4 Å². The number of carbonyl (C=O) groups excluding carboxylic acids is 1. The van der Waals surface area contributed by atoms with Crippen molar-refractivity contribution in [3.05, 3.63) is 45.5 Å². The Bertz CT molecular complexity index is 891. The molecule has 1 N–H and O–H groups in total. The molecule has 6 nitrogen and oxygen atoms in total. The average molecular weight is 357 g/mol. The normalized spacial score (nSPS) is 12.4. The molecular formula is C18H23N5OS. The summed E-state index contributed by atoms with van der Waals surface area (Å²) in [5, 5.41) is 14.1. The molecule has 3 heterocycles. The van der Waals surface area contributed by atoms with Crippen molar-refractivity contribution in [1.82, 2.24) is 24.9 Å². The van der Waals surface area contributed by atoms with Gasteiger partial charge in [0.1, 0.15) is 5.69 Å². The maximum absolute atomic E-state index is 12.6. The van der Waals surface area contributed by atoms with Crippen molar-refractivity contribution in [3.63, 3.8) is 0 Å². The van der Waals surface area contributed by atoms with Gasteiger partial charge in [0.15, 0.2) is 0 Å². The molecule has 25 heavy (non-hydrogen) atoms. The van der Waals surface area contributed by atoms with Crippen LogP contribution in [0.5, 0.6) is 0 Å². The highest BCUT2D eigenvalue weighted by molar-refractivity contribution is 7.09.